The Kier molecular flexibility index (Phi) is 3.74. The van der Waals surface area contributed by atoms with Gasteiger partial charge < -0.3 is 5.73 Å². The summed E-state index contributed by atoms with van der Waals surface area (Å²) in [6.45, 7) is 2.07. The van der Waals surface area contributed by atoms with Crippen LogP contribution in [0.1, 0.15) is 22.2 Å². The molecule has 0 saturated heterocycles. The molecule has 1 heterocycles. The number of rotatable bonds is 3. The summed E-state index contributed by atoms with van der Waals surface area (Å²) in [5, 5.41) is 3.07. The summed E-state index contributed by atoms with van der Waals surface area (Å²) in [6.07, 6.45) is 2.62. The van der Waals surface area contributed by atoms with Gasteiger partial charge in [-0.05, 0) is 24.1 Å². The number of hydrogen-bond donors (Lipinski definition) is 1. The fourth-order valence-corrected chi connectivity index (χ4v) is 2.48. The molecule has 0 fully saturated rings. The number of benzene rings is 1. The zero-order valence-corrected chi connectivity index (χ0v) is 11.4. The maximum absolute atomic E-state index is 6.16. The van der Waals surface area contributed by atoms with Gasteiger partial charge in [0.2, 0.25) is 0 Å². The summed E-state index contributed by atoms with van der Waals surface area (Å²) in [5.74, 6) is 0. The van der Waals surface area contributed by atoms with E-state index < -0.39 is 0 Å². The first-order valence-corrected chi connectivity index (χ1v) is 6.74. The summed E-state index contributed by atoms with van der Waals surface area (Å²) in [4.78, 5) is 4.25. The van der Waals surface area contributed by atoms with E-state index in [1.165, 1.54) is 5.56 Å². The SMILES string of the molecule is Cc1cc(C(N)Cc2nccs2)ccc1Br. The normalized spacial score (nSPS) is 12.7. The van der Waals surface area contributed by atoms with Gasteiger partial charge >= 0.3 is 0 Å². The molecular weight excluding hydrogens is 284 g/mol. The van der Waals surface area contributed by atoms with Crippen molar-refractivity contribution in [2.45, 2.75) is 19.4 Å². The predicted molar refractivity (Wildman–Crippen MR) is 71.6 cm³/mol. The van der Waals surface area contributed by atoms with Crippen LogP contribution < -0.4 is 5.73 Å². The van der Waals surface area contributed by atoms with E-state index in [2.05, 4.69) is 40.0 Å². The van der Waals surface area contributed by atoms with Crippen molar-refractivity contribution in [1.29, 1.82) is 0 Å². The van der Waals surface area contributed by atoms with E-state index in [0.717, 1.165) is 21.5 Å². The molecule has 0 amide bonds. The topological polar surface area (TPSA) is 38.9 Å². The molecule has 1 atom stereocenters. The fraction of sp³-hybridized carbons (Fsp3) is 0.250. The monoisotopic (exact) mass is 296 g/mol. The Balaban J connectivity index is 2.14. The van der Waals surface area contributed by atoms with Gasteiger partial charge in [-0.15, -0.1) is 11.3 Å². The van der Waals surface area contributed by atoms with Gasteiger partial charge in [0.25, 0.3) is 0 Å². The molecule has 0 aliphatic rings. The van der Waals surface area contributed by atoms with Gasteiger partial charge in [0.1, 0.15) is 0 Å². The second-order valence-electron chi connectivity index (χ2n) is 3.75. The fourth-order valence-electron chi connectivity index (χ4n) is 1.56. The molecule has 2 nitrogen and oxygen atoms in total. The molecule has 2 aromatic rings. The van der Waals surface area contributed by atoms with E-state index >= 15 is 0 Å². The Morgan fingerprint density at radius 1 is 1.50 bits per heavy atom. The highest BCUT2D eigenvalue weighted by molar-refractivity contribution is 9.10. The van der Waals surface area contributed by atoms with Crippen LogP contribution in [0.25, 0.3) is 0 Å². The van der Waals surface area contributed by atoms with Crippen LogP contribution in [0, 0.1) is 6.92 Å². The van der Waals surface area contributed by atoms with Gasteiger partial charge in [-0.1, -0.05) is 28.1 Å². The minimum atomic E-state index is 0.0259. The van der Waals surface area contributed by atoms with Gasteiger partial charge in [0.05, 0.1) is 5.01 Å². The van der Waals surface area contributed by atoms with Crippen LogP contribution in [-0.4, -0.2) is 4.98 Å². The minimum absolute atomic E-state index is 0.0259. The smallest absolute Gasteiger partial charge is 0.0943 e. The van der Waals surface area contributed by atoms with Crippen LogP contribution in [0.5, 0.6) is 0 Å². The average molecular weight is 297 g/mol. The molecule has 1 aromatic carbocycles. The molecule has 1 unspecified atom stereocenters. The van der Waals surface area contributed by atoms with E-state index in [9.17, 15) is 0 Å². The Morgan fingerprint density at radius 2 is 2.31 bits per heavy atom. The largest absolute Gasteiger partial charge is 0.324 e. The first-order valence-electron chi connectivity index (χ1n) is 5.07. The first-order chi connectivity index (χ1) is 7.66. The first kappa shape index (κ1) is 11.8. The quantitative estimate of drug-likeness (QED) is 0.942. The Labute approximate surface area is 108 Å². The summed E-state index contributed by atoms with van der Waals surface area (Å²) in [7, 11) is 0. The summed E-state index contributed by atoms with van der Waals surface area (Å²) in [5.41, 5.74) is 8.53. The van der Waals surface area contributed by atoms with Crippen LogP contribution in [0.4, 0.5) is 0 Å². The van der Waals surface area contributed by atoms with Crippen molar-refractivity contribution >= 4 is 27.3 Å². The van der Waals surface area contributed by atoms with E-state index in [1.807, 2.05) is 17.6 Å². The molecule has 0 bridgehead atoms. The second kappa shape index (κ2) is 5.08. The minimum Gasteiger partial charge on any atom is -0.324 e. The van der Waals surface area contributed by atoms with Gasteiger partial charge in [-0.2, -0.15) is 0 Å². The van der Waals surface area contributed by atoms with Crippen molar-refractivity contribution in [2.75, 3.05) is 0 Å². The van der Waals surface area contributed by atoms with Gasteiger partial charge in [-0.3, -0.25) is 0 Å². The predicted octanol–water partition coefficient (Wildman–Crippen LogP) is 3.46. The average Bonchev–Trinajstić information content (AvgIpc) is 2.74. The number of hydrogen-bond acceptors (Lipinski definition) is 3. The van der Waals surface area contributed by atoms with Crippen LogP contribution >= 0.6 is 27.3 Å². The maximum Gasteiger partial charge on any atom is 0.0943 e. The number of thiazole rings is 1. The highest BCUT2D eigenvalue weighted by Crippen LogP contribution is 2.22. The summed E-state index contributed by atoms with van der Waals surface area (Å²) >= 11 is 5.14. The number of nitrogens with two attached hydrogens (primary N) is 1. The zero-order chi connectivity index (χ0) is 11.5. The molecule has 0 aliphatic carbocycles. The van der Waals surface area contributed by atoms with Crippen molar-refractivity contribution in [2.24, 2.45) is 5.73 Å². The molecule has 2 N–H and O–H groups in total. The Morgan fingerprint density at radius 3 is 2.94 bits per heavy atom. The molecule has 4 heteroatoms. The summed E-state index contributed by atoms with van der Waals surface area (Å²) in [6, 6.07) is 6.27. The Bertz CT molecular complexity index is 468. The van der Waals surface area contributed by atoms with E-state index in [4.69, 9.17) is 5.73 Å². The van der Waals surface area contributed by atoms with Crippen molar-refractivity contribution in [3.63, 3.8) is 0 Å². The molecule has 84 valence electrons. The van der Waals surface area contributed by atoms with Crippen molar-refractivity contribution < 1.29 is 0 Å². The highest BCUT2D eigenvalue weighted by atomic mass is 79.9. The lowest BCUT2D eigenvalue weighted by Gasteiger charge is -2.11. The molecule has 0 aliphatic heterocycles. The van der Waals surface area contributed by atoms with Crippen molar-refractivity contribution in [3.8, 4) is 0 Å². The van der Waals surface area contributed by atoms with Crippen LogP contribution in [0.2, 0.25) is 0 Å². The summed E-state index contributed by atoms with van der Waals surface area (Å²) < 4.78 is 1.12. The van der Waals surface area contributed by atoms with Crippen molar-refractivity contribution in [3.05, 3.63) is 50.4 Å². The van der Waals surface area contributed by atoms with Crippen LogP contribution in [0.15, 0.2) is 34.2 Å². The van der Waals surface area contributed by atoms with E-state index in [0.29, 0.717) is 0 Å². The third-order valence-corrected chi connectivity index (χ3v) is 4.18. The molecule has 0 radical (unpaired) electrons. The number of halogens is 1. The number of nitrogens with zero attached hydrogens (tertiary/aromatic N) is 1. The van der Waals surface area contributed by atoms with Crippen LogP contribution in [0.3, 0.4) is 0 Å². The Hall–Kier alpha value is -0.710. The third kappa shape index (κ3) is 2.70. The lowest BCUT2D eigenvalue weighted by molar-refractivity contribution is 0.717. The lowest BCUT2D eigenvalue weighted by Crippen LogP contribution is -2.13. The molecule has 2 rings (SSSR count). The third-order valence-electron chi connectivity index (χ3n) is 2.49. The van der Waals surface area contributed by atoms with Gasteiger partial charge in [0, 0.05) is 28.5 Å². The molecule has 0 spiro atoms. The molecule has 1 aromatic heterocycles. The molecule has 16 heavy (non-hydrogen) atoms. The second-order valence-corrected chi connectivity index (χ2v) is 5.58. The lowest BCUT2D eigenvalue weighted by atomic mass is 10.0. The van der Waals surface area contributed by atoms with E-state index in [-0.39, 0.29) is 6.04 Å². The zero-order valence-electron chi connectivity index (χ0n) is 8.98. The number of aryl methyl sites for hydroxylation is 1. The van der Waals surface area contributed by atoms with Gasteiger partial charge in [-0.25, -0.2) is 4.98 Å². The van der Waals surface area contributed by atoms with Crippen molar-refractivity contribution in [1.82, 2.24) is 4.98 Å². The van der Waals surface area contributed by atoms with Gasteiger partial charge in [0.15, 0.2) is 0 Å². The molecular formula is C12H13BrN2S. The standard InChI is InChI=1S/C12H13BrN2S/c1-8-6-9(2-3-10(8)13)11(14)7-12-15-4-5-16-12/h2-6,11H,7,14H2,1H3. The number of aromatic nitrogens is 1. The van der Waals surface area contributed by atoms with E-state index in [1.54, 1.807) is 11.3 Å². The maximum atomic E-state index is 6.16. The highest BCUT2D eigenvalue weighted by Gasteiger charge is 2.09. The van der Waals surface area contributed by atoms with Crippen LogP contribution in [-0.2, 0) is 6.42 Å². The molecule has 0 saturated carbocycles.